The van der Waals surface area contributed by atoms with Gasteiger partial charge in [0.15, 0.2) is 5.96 Å². The fourth-order valence-corrected chi connectivity index (χ4v) is 3.42. The van der Waals surface area contributed by atoms with Crippen LogP contribution in [0, 0.1) is 0 Å². The predicted octanol–water partition coefficient (Wildman–Crippen LogP) is 1.53. The van der Waals surface area contributed by atoms with E-state index in [1.165, 1.54) is 0 Å². The van der Waals surface area contributed by atoms with Gasteiger partial charge in [0.2, 0.25) is 0 Å². The first-order valence-corrected chi connectivity index (χ1v) is 10.0. The number of guanidine groups is 1. The van der Waals surface area contributed by atoms with E-state index in [0.717, 1.165) is 43.6 Å². The van der Waals surface area contributed by atoms with Crippen LogP contribution in [0.5, 0.6) is 11.5 Å². The molecule has 0 bridgehead atoms. The quantitative estimate of drug-likeness (QED) is 0.380. The topological polar surface area (TPSA) is 89.4 Å². The molecule has 8 heteroatoms. The van der Waals surface area contributed by atoms with Crippen molar-refractivity contribution in [2.45, 2.75) is 0 Å². The molecule has 0 saturated carbocycles. The van der Waals surface area contributed by atoms with Crippen LogP contribution in [0.15, 0.2) is 53.5 Å². The van der Waals surface area contributed by atoms with Crippen molar-refractivity contribution in [1.82, 2.24) is 15.5 Å². The number of aliphatic imine (C=N–C) groups is 1. The van der Waals surface area contributed by atoms with E-state index in [1.807, 2.05) is 18.2 Å². The highest BCUT2D eigenvalue weighted by atomic mass is 16.5. The highest BCUT2D eigenvalue weighted by Gasteiger charge is 2.21. The Morgan fingerprint density at radius 1 is 1.03 bits per heavy atom. The van der Waals surface area contributed by atoms with Gasteiger partial charge >= 0.3 is 0 Å². The van der Waals surface area contributed by atoms with Gasteiger partial charge in [-0.25, -0.2) is 0 Å². The second-order valence-electron chi connectivity index (χ2n) is 6.92. The third kappa shape index (κ3) is 5.34. The Kier molecular flexibility index (Phi) is 7.37. The lowest BCUT2D eigenvalue weighted by atomic mass is 10.2. The number of para-hydroxylation sites is 2. The molecule has 1 saturated heterocycles. The summed E-state index contributed by atoms with van der Waals surface area (Å²) in [6, 6.07) is 14.4. The van der Waals surface area contributed by atoms with Crippen LogP contribution in [0.4, 0.5) is 5.69 Å². The van der Waals surface area contributed by atoms with Gasteiger partial charge in [0.1, 0.15) is 11.5 Å². The molecule has 1 fully saturated rings. The number of rotatable bonds is 6. The minimum atomic E-state index is -0.120. The summed E-state index contributed by atoms with van der Waals surface area (Å²) in [5.74, 6) is 1.72. The molecule has 30 heavy (non-hydrogen) atoms. The number of ether oxygens (including phenoxy) is 1. The molecule has 1 aliphatic rings. The first kappa shape index (κ1) is 21.3. The molecule has 3 N–H and O–H groups in total. The average molecular weight is 412 g/mol. The van der Waals surface area contributed by atoms with Crippen LogP contribution in [0.25, 0.3) is 0 Å². The monoisotopic (exact) mass is 411 g/mol. The Morgan fingerprint density at radius 2 is 1.70 bits per heavy atom. The van der Waals surface area contributed by atoms with Crippen molar-refractivity contribution >= 4 is 17.6 Å². The van der Waals surface area contributed by atoms with E-state index in [1.54, 1.807) is 44.5 Å². The van der Waals surface area contributed by atoms with E-state index in [0.29, 0.717) is 24.4 Å². The number of carbonyl (C=O) groups is 1. The molecule has 2 aromatic carbocycles. The summed E-state index contributed by atoms with van der Waals surface area (Å²) in [5, 5.41) is 16.3. The van der Waals surface area contributed by atoms with E-state index < -0.39 is 0 Å². The number of phenols is 1. The second kappa shape index (κ2) is 10.4. The molecular formula is C22H29N5O3. The number of amides is 1. The predicted molar refractivity (Wildman–Crippen MR) is 119 cm³/mol. The maximum Gasteiger partial charge on any atom is 0.251 e. The Hall–Kier alpha value is -3.42. The SMILES string of the molecule is CN=C(NCCNC(=O)c1ccc(OC)cc1)N1CCN(c2ccccc2O)CC1. The fourth-order valence-electron chi connectivity index (χ4n) is 3.42. The summed E-state index contributed by atoms with van der Waals surface area (Å²) < 4.78 is 5.11. The van der Waals surface area contributed by atoms with Crippen LogP contribution in [0.3, 0.4) is 0 Å². The molecule has 1 heterocycles. The zero-order valence-corrected chi connectivity index (χ0v) is 17.5. The van der Waals surface area contributed by atoms with Gasteiger partial charge in [-0.2, -0.15) is 0 Å². The number of hydrogen-bond acceptors (Lipinski definition) is 5. The second-order valence-corrected chi connectivity index (χ2v) is 6.92. The van der Waals surface area contributed by atoms with Crippen molar-refractivity contribution in [2.75, 3.05) is 58.3 Å². The number of piperazine rings is 1. The van der Waals surface area contributed by atoms with E-state index in [2.05, 4.69) is 25.4 Å². The summed E-state index contributed by atoms with van der Waals surface area (Å²) in [7, 11) is 3.35. The number of carbonyl (C=O) groups excluding carboxylic acids is 1. The normalized spacial score (nSPS) is 14.4. The molecule has 0 aromatic heterocycles. The molecule has 3 rings (SSSR count). The molecule has 0 radical (unpaired) electrons. The number of hydrogen-bond donors (Lipinski definition) is 3. The van der Waals surface area contributed by atoms with Gasteiger partial charge in [-0.15, -0.1) is 0 Å². The Labute approximate surface area is 177 Å². The van der Waals surface area contributed by atoms with E-state index in [4.69, 9.17) is 4.74 Å². The molecule has 0 spiro atoms. The third-order valence-electron chi connectivity index (χ3n) is 5.06. The summed E-state index contributed by atoms with van der Waals surface area (Å²) in [6.45, 7) is 4.26. The number of nitrogens with zero attached hydrogens (tertiary/aromatic N) is 3. The number of methoxy groups -OCH3 is 1. The Balaban J connectivity index is 1.42. The van der Waals surface area contributed by atoms with Gasteiger partial charge < -0.3 is 30.3 Å². The zero-order valence-electron chi connectivity index (χ0n) is 17.5. The molecule has 0 aliphatic carbocycles. The van der Waals surface area contributed by atoms with E-state index in [-0.39, 0.29) is 5.91 Å². The summed E-state index contributed by atoms with van der Waals surface area (Å²) in [6.07, 6.45) is 0. The lowest BCUT2D eigenvalue weighted by Gasteiger charge is -2.37. The van der Waals surface area contributed by atoms with E-state index in [9.17, 15) is 9.90 Å². The first-order chi connectivity index (χ1) is 14.6. The summed E-state index contributed by atoms with van der Waals surface area (Å²) in [5.41, 5.74) is 1.46. The van der Waals surface area contributed by atoms with Gasteiger partial charge in [-0.1, -0.05) is 12.1 Å². The number of benzene rings is 2. The Bertz CT molecular complexity index is 861. The Morgan fingerprint density at radius 3 is 2.33 bits per heavy atom. The molecular weight excluding hydrogens is 382 g/mol. The highest BCUT2D eigenvalue weighted by molar-refractivity contribution is 5.94. The largest absolute Gasteiger partial charge is 0.506 e. The van der Waals surface area contributed by atoms with Crippen LogP contribution in [0.2, 0.25) is 0 Å². The van der Waals surface area contributed by atoms with E-state index >= 15 is 0 Å². The van der Waals surface area contributed by atoms with Crippen LogP contribution < -0.4 is 20.3 Å². The molecule has 8 nitrogen and oxygen atoms in total. The standard InChI is InChI=1S/C22H29N5O3/c1-23-22(25-12-11-24-21(29)17-7-9-18(30-2)10-8-17)27-15-13-26(14-16-27)19-5-3-4-6-20(19)28/h3-10,28H,11-16H2,1-2H3,(H,23,25)(H,24,29). The van der Waals surface area contributed by atoms with Gasteiger partial charge in [-0.3, -0.25) is 9.79 Å². The zero-order chi connectivity index (χ0) is 21.3. The number of aromatic hydroxyl groups is 1. The molecule has 160 valence electrons. The van der Waals surface area contributed by atoms with Gasteiger partial charge in [0.05, 0.1) is 12.8 Å². The highest BCUT2D eigenvalue weighted by Crippen LogP contribution is 2.27. The van der Waals surface area contributed by atoms with Gasteiger partial charge in [0, 0.05) is 51.9 Å². The molecule has 0 unspecified atom stereocenters. The van der Waals surface area contributed by atoms with Gasteiger partial charge in [0.25, 0.3) is 5.91 Å². The van der Waals surface area contributed by atoms with Crippen molar-refractivity contribution in [1.29, 1.82) is 0 Å². The summed E-state index contributed by atoms with van der Waals surface area (Å²) in [4.78, 5) is 20.9. The first-order valence-electron chi connectivity index (χ1n) is 10.0. The van der Waals surface area contributed by atoms with Crippen molar-refractivity contribution < 1.29 is 14.6 Å². The van der Waals surface area contributed by atoms with Crippen molar-refractivity contribution in [2.24, 2.45) is 4.99 Å². The lowest BCUT2D eigenvalue weighted by Crippen LogP contribution is -2.53. The minimum Gasteiger partial charge on any atom is -0.506 e. The van der Waals surface area contributed by atoms with Crippen molar-refractivity contribution in [3.63, 3.8) is 0 Å². The smallest absolute Gasteiger partial charge is 0.251 e. The fraction of sp³-hybridized carbons (Fsp3) is 0.364. The molecule has 0 atom stereocenters. The number of phenolic OH excluding ortho intramolecular Hbond substituents is 1. The molecule has 2 aromatic rings. The van der Waals surface area contributed by atoms with Crippen molar-refractivity contribution in [3.8, 4) is 11.5 Å². The van der Waals surface area contributed by atoms with Crippen LogP contribution >= 0.6 is 0 Å². The number of nitrogens with one attached hydrogen (secondary N) is 2. The van der Waals surface area contributed by atoms with Crippen LogP contribution in [-0.4, -0.2) is 75.3 Å². The van der Waals surface area contributed by atoms with Gasteiger partial charge in [-0.05, 0) is 36.4 Å². The lowest BCUT2D eigenvalue weighted by molar-refractivity contribution is 0.0954. The molecule has 1 amide bonds. The third-order valence-corrected chi connectivity index (χ3v) is 5.06. The maximum atomic E-state index is 12.2. The maximum absolute atomic E-state index is 12.2. The average Bonchev–Trinajstić information content (AvgIpc) is 2.79. The molecule has 1 aliphatic heterocycles. The van der Waals surface area contributed by atoms with Crippen molar-refractivity contribution in [3.05, 3.63) is 54.1 Å². The summed E-state index contributed by atoms with van der Waals surface area (Å²) >= 11 is 0. The number of anilines is 1. The minimum absolute atomic E-state index is 0.120. The van der Waals surface area contributed by atoms with Crippen LogP contribution in [-0.2, 0) is 0 Å². The van der Waals surface area contributed by atoms with Crippen LogP contribution in [0.1, 0.15) is 10.4 Å².